The van der Waals surface area contributed by atoms with Crippen LogP contribution in [0.4, 0.5) is 11.4 Å². The Labute approximate surface area is 332 Å². The maximum atomic E-state index is 13.4. The third-order valence-electron chi connectivity index (χ3n) is 11.0. The van der Waals surface area contributed by atoms with Crippen molar-refractivity contribution >= 4 is 81.4 Å². The highest BCUT2D eigenvalue weighted by molar-refractivity contribution is 6.32. The zero-order valence-corrected chi connectivity index (χ0v) is 32.2. The number of anilines is 2. The summed E-state index contributed by atoms with van der Waals surface area (Å²) in [4.78, 5) is 51.6. The molecule has 0 saturated carbocycles. The summed E-state index contributed by atoms with van der Waals surface area (Å²) < 4.78 is 11.5. The van der Waals surface area contributed by atoms with Crippen LogP contribution in [0.1, 0.15) is 46.9 Å². The lowest BCUT2D eigenvalue weighted by Crippen LogP contribution is -2.52. The molecule has 0 aliphatic carbocycles. The fourth-order valence-corrected chi connectivity index (χ4v) is 9.49. The van der Waals surface area contributed by atoms with E-state index < -0.39 is 29.0 Å². The van der Waals surface area contributed by atoms with E-state index in [-0.39, 0.29) is 48.9 Å². The van der Waals surface area contributed by atoms with Gasteiger partial charge in [0.1, 0.15) is 10.8 Å². The SMILES string of the molecule is CO[C@H]1CC(=O)NC[C@@H](c2cccc(Cl)c2)[C@]12C(=O)Nc1cc(Cl)ccc12.CO[C@H]1CNC(=O)C[C@@H](c2cccc(Cl)c2)[C@]12C(=O)Nc1cc(Cl)ccc12. The van der Waals surface area contributed by atoms with Gasteiger partial charge in [-0.2, -0.15) is 0 Å². The molecule has 2 saturated heterocycles. The van der Waals surface area contributed by atoms with Crippen LogP contribution >= 0.6 is 46.4 Å². The maximum absolute atomic E-state index is 13.4. The molecule has 0 bridgehead atoms. The number of rotatable bonds is 4. The second-order valence-electron chi connectivity index (χ2n) is 13.7. The zero-order valence-electron chi connectivity index (χ0n) is 29.2. The minimum Gasteiger partial charge on any atom is -0.379 e. The maximum Gasteiger partial charge on any atom is 0.238 e. The molecule has 54 heavy (non-hydrogen) atoms. The Kier molecular flexibility index (Phi) is 10.7. The van der Waals surface area contributed by atoms with Gasteiger partial charge < -0.3 is 30.7 Å². The van der Waals surface area contributed by atoms with Gasteiger partial charge in [0, 0.05) is 77.0 Å². The minimum absolute atomic E-state index is 0.0864. The highest BCUT2D eigenvalue weighted by Gasteiger charge is 2.61. The third-order valence-corrected chi connectivity index (χ3v) is 12.0. The Morgan fingerprint density at radius 1 is 0.556 bits per heavy atom. The van der Waals surface area contributed by atoms with Crippen LogP contribution in [-0.2, 0) is 39.5 Å². The van der Waals surface area contributed by atoms with E-state index in [4.69, 9.17) is 55.9 Å². The van der Waals surface area contributed by atoms with E-state index in [1.165, 1.54) is 7.11 Å². The molecule has 6 atom stereocenters. The Bertz CT molecular complexity index is 2100. The number of carbonyl (C=O) groups is 4. The molecule has 4 aromatic rings. The molecule has 4 N–H and O–H groups in total. The Hall–Kier alpha value is -4.16. The summed E-state index contributed by atoms with van der Waals surface area (Å²) in [6.45, 7) is 0.538. The smallest absolute Gasteiger partial charge is 0.238 e. The van der Waals surface area contributed by atoms with E-state index in [9.17, 15) is 19.2 Å². The second kappa shape index (κ2) is 15.2. The standard InChI is InChI=1S/2C20H18Cl2N2O3/c1-27-17-9-18(25)23-10-15(11-3-2-4-12(21)7-11)20(17)14-6-5-13(22)8-16(14)24-19(20)26;1-27-17-10-23-18(25)9-15(11-3-2-4-12(21)7-11)20(17)14-6-5-13(22)8-16(14)24-19(20)26/h2*2-8,15,17H,9-10H2,1H3,(H,23,25)(H,24,26)/t2*15-,17-,20-/m00/s1. The highest BCUT2D eigenvalue weighted by atomic mass is 35.5. The number of nitrogens with one attached hydrogen (secondary N) is 4. The monoisotopic (exact) mass is 808 g/mol. The van der Waals surface area contributed by atoms with Gasteiger partial charge in [0.2, 0.25) is 23.6 Å². The van der Waals surface area contributed by atoms with Gasteiger partial charge in [0.25, 0.3) is 0 Å². The van der Waals surface area contributed by atoms with Crippen LogP contribution < -0.4 is 21.3 Å². The van der Waals surface area contributed by atoms with Crippen LogP contribution in [-0.4, -0.2) is 63.1 Å². The molecule has 4 amide bonds. The summed E-state index contributed by atoms with van der Waals surface area (Å²) in [5.74, 6) is -1.47. The van der Waals surface area contributed by atoms with E-state index in [1.807, 2.05) is 42.5 Å². The molecule has 2 spiro atoms. The van der Waals surface area contributed by atoms with Crippen LogP contribution in [0.5, 0.6) is 0 Å². The molecular weight excluding hydrogens is 774 g/mol. The summed E-state index contributed by atoms with van der Waals surface area (Å²) >= 11 is 24.7. The third kappa shape index (κ3) is 6.42. The van der Waals surface area contributed by atoms with Gasteiger partial charge >= 0.3 is 0 Å². The van der Waals surface area contributed by atoms with Gasteiger partial charge in [0.05, 0.1) is 18.6 Å². The lowest BCUT2D eigenvalue weighted by atomic mass is 9.64. The summed E-state index contributed by atoms with van der Waals surface area (Å²) in [7, 11) is 3.08. The molecule has 0 unspecified atom stereocenters. The molecule has 10 nitrogen and oxygen atoms in total. The average molecular weight is 811 g/mol. The second-order valence-corrected chi connectivity index (χ2v) is 15.5. The van der Waals surface area contributed by atoms with Crippen LogP contribution in [0.2, 0.25) is 20.1 Å². The quantitative estimate of drug-likeness (QED) is 0.176. The van der Waals surface area contributed by atoms with Gasteiger partial charge in [-0.3, -0.25) is 19.2 Å². The van der Waals surface area contributed by atoms with Crippen molar-refractivity contribution in [3.8, 4) is 0 Å². The molecule has 0 radical (unpaired) electrons. The van der Waals surface area contributed by atoms with E-state index >= 15 is 0 Å². The first-order chi connectivity index (χ1) is 25.9. The first kappa shape index (κ1) is 38.1. The number of halogens is 4. The molecule has 4 heterocycles. The fraction of sp³-hybridized carbons (Fsp3) is 0.300. The molecule has 280 valence electrons. The largest absolute Gasteiger partial charge is 0.379 e. The van der Waals surface area contributed by atoms with Gasteiger partial charge in [0.15, 0.2) is 0 Å². The Morgan fingerprint density at radius 2 is 1.02 bits per heavy atom. The van der Waals surface area contributed by atoms with Gasteiger partial charge in [-0.1, -0.05) is 82.8 Å². The summed E-state index contributed by atoms with van der Waals surface area (Å²) in [6, 6.07) is 25.3. The fourth-order valence-electron chi connectivity index (χ4n) is 8.75. The first-order valence-electron chi connectivity index (χ1n) is 17.3. The van der Waals surface area contributed by atoms with E-state index in [1.54, 1.807) is 49.6 Å². The summed E-state index contributed by atoms with van der Waals surface area (Å²) in [5.41, 5.74) is 2.41. The molecule has 0 aromatic heterocycles. The normalized spacial score (nSPS) is 27.1. The number of hydrogen-bond acceptors (Lipinski definition) is 6. The molecule has 2 fully saturated rings. The van der Waals surface area contributed by atoms with Crippen molar-refractivity contribution in [1.82, 2.24) is 10.6 Å². The molecular formula is C40H36Cl4N4O6. The van der Waals surface area contributed by atoms with Crippen LogP contribution in [0.3, 0.4) is 0 Å². The van der Waals surface area contributed by atoms with Crippen molar-refractivity contribution in [2.75, 3.05) is 37.9 Å². The summed E-state index contributed by atoms with van der Waals surface area (Å²) in [6.07, 6.45) is -0.944. The minimum atomic E-state index is -1.07. The van der Waals surface area contributed by atoms with Crippen molar-refractivity contribution in [2.45, 2.75) is 47.7 Å². The van der Waals surface area contributed by atoms with Crippen molar-refractivity contribution in [3.05, 3.63) is 127 Å². The predicted octanol–water partition coefficient (Wildman–Crippen LogP) is 7.00. The van der Waals surface area contributed by atoms with Gasteiger partial charge in [-0.25, -0.2) is 0 Å². The number of fused-ring (bicyclic) bond motifs is 4. The molecule has 14 heteroatoms. The molecule has 8 rings (SSSR count). The van der Waals surface area contributed by atoms with E-state index in [0.29, 0.717) is 38.0 Å². The average Bonchev–Trinajstić information content (AvgIpc) is 3.44. The topological polar surface area (TPSA) is 135 Å². The Balaban J connectivity index is 0.000000167. The lowest BCUT2D eigenvalue weighted by molar-refractivity contribution is -0.130. The molecule has 4 aliphatic heterocycles. The predicted molar refractivity (Wildman–Crippen MR) is 209 cm³/mol. The van der Waals surface area contributed by atoms with Gasteiger partial charge in [-0.05, 0) is 70.8 Å². The van der Waals surface area contributed by atoms with Crippen LogP contribution in [0.15, 0.2) is 84.9 Å². The van der Waals surface area contributed by atoms with Crippen molar-refractivity contribution in [2.24, 2.45) is 0 Å². The zero-order chi connectivity index (χ0) is 38.4. The number of ether oxygens (including phenoxy) is 2. The number of carbonyl (C=O) groups excluding carboxylic acids is 4. The number of amides is 4. The summed E-state index contributed by atoms with van der Waals surface area (Å²) in [5, 5.41) is 13.9. The molecule has 4 aromatic carbocycles. The highest BCUT2D eigenvalue weighted by Crippen LogP contribution is 2.54. The number of hydrogen-bond donors (Lipinski definition) is 4. The van der Waals surface area contributed by atoms with Crippen LogP contribution in [0.25, 0.3) is 0 Å². The Morgan fingerprint density at radius 3 is 1.54 bits per heavy atom. The first-order valence-corrected chi connectivity index (χ1v) is 18.8. The lowest BCUT2D eigenvalue weighted by Gasteiger charge is -2.39. The van der Waals surface area contributed by atoms with Gasteiger partial charge in [-0.15, -0.1) is 0 Å². The number of methoxy groups -OCH3 is 2. The van der Waals surface area contributed by atoms with E-state index in [2.05, 4.69) is 21.3 Å². The van der Waals surface area contributed by atoms with E-state index in [0.717, 1.165) is 22.3 Å². The van der Waals surface area contributed by atoms with Crippen molar-refractivity contribution in [3.63, 3.8) is 0 Å². The van der Waals surface area contributed by atoms with Crippen molar-refractivity contribution in [1.29, 1.82) is 0 Å². The number of benzene rings is 4. The van der Waals surface area contributed by atoms with Crippen molar-refractivity contribution < 1.29 is 28.7 Å². The van der Waals surface area contributed by atoms with Crippen LogP contribution in [0, 0.1) is 0 Å². The molecule has 4 aliphatic rings.